The predicted octanol–water partition coefficient (Wildman–Crippen LogP) is 2.09. The summed E-state index contributed by atoms with van der Waals surface area (Å²) in [5.41, 5.74) is 1.19. The molecule has 2 nitrogen and oxygen atoms in total. The molecule has 0 radical (unpaired) electrons. The standard InChI is InChI=1S/C11H14O2S/c12-11(7-9-14)13-8-6-10-4-2-1-3-5-10/h1-5,14H,6-9H2. The number of thiol groups is 1. The minimum Gasteiger partial charge on any atom is -0.465 e. The lowest BCUT2D eigenvalue weighted by molar-refractivity contribution is -0.143. The molecule has 14 heavy (non-hydrogen) atoms. The highest BCUT2D eigenvalue weighted by Gasteiger charge is 2.00. The smallest absolute Gasteiger partial charge is 0.306 e. The van der Waals surface area contributed by atoms with Gasteiger partial charge in [-0.05, 0) is 5.56 Å². The quantitative estimate of drug-likeness (QED) is 0.595. The molecule has 0 N–H and O–H groups in total. The SMILES string of the molecule is O=C(CCS)OCCc1ccccc1. The fourth-order valence-electron chi connectivity index (χ4n) is 1.09. The van der Waals surface area contributed by atoms with Gasteiger partial charge in [-0.15, -0.1) is 0 Å². The monoisotopic (exact) mass is 210 g/mol. The van der Waals surface area contributed by atoms with E-state index in [1.807, 2.05) is 30.3 Å². The zero-order chi connectivity index (χ0) is 10.2. The molecule has 3 heteroatoms. The van der Waals surface area contributed by atoms with Gasteiger partial charge in [0.15, 0.2) is 0 Å². The van der Waals surface area contributed by atoms with Gasteiger partial charge in [-0.25, -0.2) is 0 Å². The zero-order valence-corrected chi connectivity index (χ0v) is 8.87. The summed E-state index contributed by atoms with van der Waals surface area (Å²) in [6.45, 7) is 0.455. The lowest BCUT2D eigenvalue weighted by Crippen LogP contribution is -2.07. The molecule has 0 aliphatic carbocycles. The molecule has 0 saturated heterocycles. The van der Waals surface area contributed by atoms with Crippen molar-refractivity contribution in [1.82, 2.24) is 0 Å². The van der Waals surface area contributed by atoms with Gasteiger partial charge in [-0.3, -0.25) is 4.79 Å². The van der Waals surface area contributed by atoms with Crippen LogP contribution in [-0.4, -0.2) is 18.3 Å². The summed E-state index contributed by atoms with van der Waals surface area (Å²) in [7, 11) is 0. The fourth-order valence-corrected chi connectivity index (χ4v) is 1.27. The van der Waals surface area contributed by atoms with Gasteiger partial charge < -0.3 is 4.74 Å². The first-order chi connectivity index (χ1) is 6.83. The van der Waals surface area contributed by atoms with Crippen molar-refractivity contribution in [3.05, 3.63) is 35.9 Å². The fraction of sp³-hybridized carbons (Fsp3) is 0.364. The van der Waals surface area contributed by atoms with Crippen LogP contribution in [0.15, 0.2) is 30.3 Å². The molecule has 0 saturated carbocycles. The Kier molecular flexibility index (Phi) is 5.15. The average Bonchev–Trinajstić information content (AvgIpc) is 2.20. The topological polar surface area (TPSA) is 26.3 Å². The summed E-state index contributed by atoms with van der Waals surface area (Å²) >= 11 is 3.95. The summed E-state index contributed by atoms with van der Waals surface area (Å²) < 4.78 is 5.00. The molecular formula is C11H14O2S. The Balaban J connectivity index is 2.19. The number of esters is 1. The van der Waals surface area contributed by atoms with E-state index in [9.17, 15) is 4.79 Å². The van der Waals surface area contributed by atoms with Gasteiger partial charge >= 0.3 is 5.97 Å². The van der Waals surface area contributed by atoms with Crippen LogP contribution in [0.2, 0.25) is 0 Å². The lowest BCUT2D eigenvalue weighted by Gasteiger charge is -2.03. The molecule has 0 amide bonds. The Morgan fingerprint density at radius 2 is 2.00 bits per heavy atom. The van der Waals surface area contributed by atoms with Crippen LogP contribution < -0.4 is 0 Å². The maximum absolute atomic E-state index is 11.0. The molecule has 0 bridgehead atoms. The largest absolute Gasteiger partial charge is 0.465 e. The Hall–Kier alpha value is -0.960. The van der Waals surface area contributed by atoms with E-state index in [-0.39, 0.29) is 5.97 Å². The highest BCUT2D eigenvalue weighted by Crippen LogP contribution is 2.00. The van der Waals surface area contributed by atoms with E-state index in [0.717, 1.165) is 6.42 Å². The van der Waals surface area contributed by atoms with Crippen molar-refractivity contribution in [1.29, 1.82) is 0 Å². The van der Waals surface area contributed by atoms with Gasteiger partial charge in [0.25, 0.3) is 0 Å². The third-order valence-corrected chi connectivity index (χ3v) is 2.04. The van der Waals surface area contributed by atoms with E-state index >= 15 is 0 Å². The van der Waals surface area contributed by atoms with Crippen LogP contribution in [0.1, 0.15) is 12.0 Å². The maximum atomic E-state index is 11.0. The van der Waals surface area contributed by atoms with Crippen LogP contribution in [-0.2, 0) is 16.0 Å². The Bertz CT molecular complexity index is 272. The summed E-state index contributed by atoms with van der Waals surface area (Å²) in [5, 5.41) is 0. The van der Waals surface area contributed by atoms with Crippen molar-refractivity contribution >= 4 is 18.6 Å². The van der Waals surface area contributed by atoms with Gasteiger partial charge in [-0.2, -0.15) is 12.6 Å². The molecule has 1 aromatic rings. The van der Waals surface area contributed by atoms with Crippen LogP contribution >= 0.6 is 12.6 Å². The molecule has 0 spiro atoms. The molecule has 0 aromatic heterocycles. The van der Waals surface area contributed by atoms with E-state index in [1.165, 1.54) is 5.56 Å². The maximum Gasteiger partial charge on any atom is 0.306 e. The molecule has 0 aliphatic heterocycles. The first-order valence-electron chi connectivity index (χ1n) is 4.63. The second kappa shape index (κ2) is 6.49. The van der Waals surface area contributed by atoms with Gasteiger partial charge in [-0.1, -0.05) is 30.3 Å². The molecule has 0 fully saturated rings. The van der Waals surface area contributed by atoms with Gasteiger partial charge in [0.05, 0.1) is 13.0 Å². The van der Waals surface area contributed by atoms with Crippen LogP contribution in [0.3, 0.4) is 0 Å². The molecule has 0 atom stereocenters. The second-order valence-electron chi connectivity index (χ2n) is 2.93. The van der Waals surface area contributed by atoms with E-state index < -0.39 is 0 Å². The minimum atomic E-state index is -0.170. The zero-order valence-electron chi connectivity index (χ0n) is 7.98. The van der Waals surface area contributed by atoms with Crippen molar-refractivity contribution in [3.63, 3.8) is 0 Å². The Morgan fingerprint density at radius 1 is 1.29 bits per heavy atom. The molecule has 0 unspecified atom stereocenters. The van der Waals surface area contributed by atoms with Gasteiger partial charge in [0.1, 0.15) is 0 Å². The number of rotatable bonds is 5. The number of ether oxygens (including phenoxy) is 1. The predicted molar refractivity (Wildman–Crippen MR) is 59.6 cm³/mol. The third kappa shape index (κ3) is 4.33. The summed E-state index contributed by atoms with van der Waals surface area (Å²) in [5.74, 6) is 0.375. The second-order valence-corrected chi connectivity index (χ2v) is 3.38. The summed E-state index contributed by atoms with van der Waals surface area (Å²) in [4.78, 5) is 11.0. The number of hydrogen-bond donors (Lipinski definition) is 1. The third-order valence-electron chi connectivity index (χ3n) is 1.81. The van der Waals surface area contributed by atoms with Crippen molar-refractivity contribution in [3.8, 4) is 0 Å². The van der Waals surface area contributed by atoms with Crippen molar-refractivity contribution in [2.45, 2.75) is 12.8 Å². The molecule has 76 valence electrons. The number of hydrogen-bond acceptors (Lipinski definition) is 3. The average molecular weight is 210 g/mol. The first kappa shape index (κ1) is 11.1. The van der Waals surface area contributed by atoms with Gasteiger partial charge in [0, 0.05) is 12.2 Å². The van der Waals surface area contributed by atoms with Crippen LogP contribution in [0.4, 0.5) is 0 Å². The van der Waals surface area contributed by atoms with E-state index in [0.29, 0.717) is 18.8 Å². The minimum absolute atomic E-state index is 0.170. The van der Waals surface area contributed by atoms with E-state index in [1.54, 1.807) is 0 Å². The van der Waals surface area contributed by atoms with Crippen LogP contribution in [0.25, 0.3) is 0 Å². The first-order valence-corrected chi connectivity index (χ1v) is 5.26. The molecule has 1 rings (SSSR count). The number of benzene rings is 1. The van der Waals surface area contributed by atoms with E-state index in [2.05, 4.69) is 12.6 Å². The van der Waals surface area contributed by atoms with Crippen LogP contribution in [0.5, 0.6) is 0 Å². The summed E-state index contributed by atoms with van der Waals surface area (Å²) in [6, 6.07) is 9.96. The van der Waals surface area contributed by atoms with Crippen molar-refractivity contribution in [2.75, 3.05) is 12.4 Å². The number of carbonyl (C=O) groups is 1. The Morgan fingerprint density at radius 3 is 2.64 bits per heavy atom. The highest BCUT2D eigenvalue weighted by atomic mass is 32.1. The molecule has 0 aliphatic rings. The molecule has 0 heterocycles. The molecular weight excluding hydrogens is 196 g/mol. The normalized spacial score (nSPS) is 9.79. The van der Waals surface area contributed by atoms with Crippen LogP contribution in [0, 0.1) is 0 Å². The Labute approximate surface area is 89.7 Å². The van der Waals surface area contributed by atoms with Crippen molar-refractivity contribution in [2.24, 2.45) is 0 Å². The molecule has 1 aromatic carbocycles. The summed E-state index contributed by atoms with van der Waals surface area (Å²) in [6.07, 6.45) is 1.16. The van der Waals surface area contributed by atoms with Crippen molar-refractivity contribution < 1.29 is 9.53 Å². The number of carbonyl (C=O) groups excluding carboxylic acids is 1. The van der Waals surface area contributed by atoms with Gasteiger partial charge in [0.2, 0.25) is 0 Å². The lowest BCUT2D eigenvalue weighted by atomic mass is 10.2. The van der Waals surface area contributed by atoms with E-state index in [4.69, 9.17) is 4.74 Å². The highest BCUT2D eigenvalue weighted by molar-refractivity contribution is 7.80.